The van der Waals surface area contributed by atoms with E-state index in [-0.39, 0.29) is 22.8 Å². The molecule has 6 nitrogen and oxygen atoms in total. The minimum absolute atomic E-state index is 0.0586. The van der Waals surface area contributed by atoms with Crippen LogP contribution in [0, 0.1) is 0 Å². The number of methoxy groups -OCH3 is 2. The number of anilines is 2. The van der Waals surface area contributed by atoms with Crippen molar-refractivity contribution in [3.8, 4) is 11.5 Å². The molecule has 1 aliphatic heterocycles. The van der Waals surface area contributed by atoms with Crippen LogP contribution >= 0.6 is 11.8 Å². The first-order valence-electron chi connectivity index (χ1n) is 8.63. The molecule has 0 spiro atoms. The predicted octanol–water partition coefficient (Wildman–Crippen LogP) is 3.33. The van der Waals surface area contributed by atoms with E-state index in [0.29, 0.717) is 23.6 Å². The number of carbonyl (C=O) groups is 2. The Balaban J connectivity index is 1.59. The second-order valence-corrected chi connectivity index (χ2v) is 7.29. The Morgan fingerprint density at radius 3 is 2.81 bits per heavy atom. The van der Waals surface area contributed by atoms with Gasteiger partial charge in [-0.25, -0.2) is 0 Å². The molecule has 0 saturated heterocycles. The first-order valence-corrected chi connectivity index (χ1v) is 9.68. The molecular formula is C20H22N2O4S. The molecule has 2 amide bonds. The van der Waals surface area contributed by atoms with Gasteiger partial charge in [-0.3, -0.25) is 9.59 Å². The molecule has 0 bridgehead atoms. The smallest absolute Gasteiger partial charge is 0.237 e. The minimum Gasteiger partial charge on any atom is -0.497 e. The summed E-state index contributed by atoms with van der Waals surface area (Å²) in [7, 11) is 3.10. The highest BCUT2D eigenvalue weighted by atomic mass is 32.2. The van der Waals surface area contributed by atoms with Gasteiger partial charge in [0.15, 0.2) is 0 Å². The lowest BCUT2D eigenvalue weighted by Gasteiger charge is -2.14. The van der Waals surface area contributed by atoms with Crippen LogP contribution in [0.1, 0.15) is 12.0 Å². The van der Waals surface area contributed by atoms with Crippen molar-refractivity contribution in [2.75, 3.05) is 30.6 Å². The van der Waals surface area contributed by atoms with Crippen LogP contribution in [0.4, 0.5) is 11.4 Å². The van der Waals surface area contributed by atoms with Crippen LogP contribution in [-0.2, 0) is 16.0 Å². The monoisotopic (exact) mass is 386 g/mol. The molecule has 0 aliphatic carbocycles. The Hall–Kier alpha value is -2.67. The summed E-state index contributed by atoms with van der Waals surface area (Å²) in [6, 6.07) is 13.0. The Bertz CT molecular complexity index is 840. The zero-order chi connectivity index (χ0) is 19.2. The van der Waals surface area contributed by atoms with Crippen LogP contribution in [0.5, 0.6) is 11.5 Å². The number of hydrogen-bond donors (Lipinski definition) is 2. The topological polar surface area (TPSA) is 76.7 Å². The van der Waals surface area contributed by atoms with Crippen LogP contribution in [0.3, 0.4) is 0 Å². The van der Waals surface area contributed by atoms with E-state index in [9.17, 15) is 9.59 Å². The Kier molecular flexibility index (Phi) is 6.24. The fourth-order valence-corrected chi connectivity index (χ4v) is 3.84. The number of benzene rings is 2. The average molecular weight is 386 g/mol. The molecule has 27 heavy (non-hydrogen) atoms. The number of fused-ring (bicyclic) bond motifs is 1. The van der Waals surface area contributed by atoms with Gasteiger partial charge >= 0.3 is 0 Å². The SMILES string of the molecule is COc1ccc(OC)c(NC(=O)CS[C@@H]2CCc3ccccc3NC2=O)c1. The van der Waals surface area contributed by atoms with Crippen LogP contribution in [0.2, 0.25) is 0 Å². The van der Waals surface area contributed by atoms with E-state index in [4.69, 9.17) is 9.47 Å². The van der Waals surface area contributed by atoms with Crippen molar-refractivity contribution in [3.05, 3.63) is 48.0 Å². The van der Waals surface area contributed by atoms with E-state index in [0.717, 1.165) is 17.7 Å². The molecule has 0 saturated carbocycles. The second kappa shape index (κ2) is 8.81. The number of rotatable bonds is 6. The van der Waals surface area contributed by atoms with E-state index in [1.807, 2.05) is 24.3 Å². The van der Waals surface area contributed by atoms with E-state index >= 15 is 0 Å². The largest absolute Gasteiger partial charge is 0.497 e. The van der Waals surface area contributed by atoms with Crippen molar-refractivity contribution < 1.29 is 19.1 Å². The molecule has 0 aromatic heterocycles. The molecule has 142 valence electrons. The number of carbonyl (C=O) groups excluding carboxylic acids is 2. The maximum atomic E-state index is 12.4. The van der Waals surface area contributed by atoms with Gasteiger partial charge in [0.2, 0.25) is 11.8 Å². The highest BCUT2D eigenvalue weighted by Crippen LogP contribution is 2.30. The Morgan fingerprint density at radius 1 is 1.22 bits per heavy atom. The lowest BCUT2D eigenvalue weighted by molar-refractivity contribution is -0.115. The van der Waals surface area contributed by atoms with Gasteiger partial charge in [0.1, 0.15) is 11.5 Å². The second-order valence-electron chi connectivity index (χ2n) is 6.10. The maximum Gasteiger partial charge on any atom is 0.237 e. The normalized spacial score (nSPS) is 15.9. The zero-order valence-electron chi connectivity index (χ0n) is 15.3. The fourth-order valence-electron chi connectivity index (χ4n) is 2.92. The average Bonchev–Trinajstić information content (AvgIpc) is 2.84. The van der Waals surface area contributed by atoms with Crippen LogP contribution in [0.15, 0.2) is 42.5 Å². The molecular weight excluding hydrogens is 364 g/mol. The molecule has 1 atom stereocenters. The molecule has 0 fully saturated rings. The number of amides is 2. The number of para-hydroxylation sites is 1. The summed E-state index contributed by atoms with van der Waals surface area (Å²) in [6.45, 7) is 0. The summed E-state index contributed by atoms with van der Waals surface area (Å²) in [6.07, 6.45) is 1.50. The van der Waals surface area contributed by atoms with Gasteiger partial charge in [0.25, 0.3) is 0 Å². The van der Waals surface area contributed by atoms with Crippen molar-refractivity contribution in [2.45, 2.75) is 18.1 Å². The highest BCUT2D eigenvalue weighted by molar-refractivity contribution is 8.01. The number of nitrogens with one attached hydrogen (secondary N) is 2. The minimum atomic E-state index is -0.268. The molecule has 0 unspecified atom stereocenters. The van der Waals surface area contributed by atoms with Crippen molar-refractivity contribution in [1.82, 2.24) is 0 Å². The summed E-state index contributed by atoms with van der Waals surface area (Å²) >= 11 is 1.34. The van der Waals surface area contributed by atoms with Crippen LogP contribution in [0.25, 0.3) is 0 Å². The predicted molar refractivity (Wildman–Crippen MR) is 108 cm³/mol. The molecule has 1 heterocycles. The van der Waals surface area contributed by atoms with Gasteiger partial charge in [-0.2, -0.15) is 0 Å². The van der Waals surface area contributed by atoms with Gasteiger partial charge in [-0.15, -0.1) is 11.8 Å². The summed E-state index contributed by atoms with van der Waals surface area (Å²) in [5.74, 6) is 1.10. The van der Waals surface area contributed by atoms with Crippen molar-refractivity contribution in [1.29, 1.82) is 0 Å². The van der Waals surface area contributed by atoms with E-state index in [2.05, 4.69) is 10.6 Å². The molecule has 2 aromatic carbocycles. The third kappa shape index (κ3) is 4.74. The van der Waals surface area contributed by atoms with E-state index in [1.54, 1.807) is 32.4 Å². The number of aryl methyl sites for hydroxylation is 1. The van der Waals surface area contributed by atoms with Gasteiger partial charge in [-0.1, -0.05) is 18.2 Å². The molecule has 7 heteroatoms. The van der Waals surface area contributed by atoms with E-state index in [1.165, 1.54) is 11.8 Å². The Labute approximate surface area is 162 Å². The summed E-state index contributed by atoms with van der Waals surface area (Å²) in [5, 5.41) is 5.51. The van der Waals surface area contributed by atoms with Crippen molar-refractivity contribution in [3.63, 3.8) is 0 Å². The van der Waals surface area contributed by atoms with Crippen LogP contribution < -0.4 is 20.1 Å². The number of thioether (sulfide) groups is 1. The summed E-state index contributed by atoms with van der Waals surface area (Å²) < 4.78 is 10.5. The Morgan fingerprint density at radius 2 is 2.04 bits per heavy atom. The lowest BCUT2D eigenvalue weighted by Crippen LogP contribution is -2.26. The van der Waals surface area contributed by atoms with Crippen molar-refractivity contribution >= 4 is 35.0 Å². The molecule has 0 radical (unpaired) electrons. The highest BCUT2D eigenvalue weighted by Gasteiger charge is 2.24. The number of hydrogen-bond acceptors (Lipinski definition) is 5. The molecule has 2 aromatic rings. The first-order chi connectivity index (χ1) is 13.1. The summed E-state index contributed by atoms with van der Waals surface area (Å²) in [4.78, 5) is 24.8. The molecule has 2 N–H and O–H groups in total. The van der Waals surface area contributed by atoms with Crippen molar-refractivity contribution in [2.24, 2.45) is 0 Å². The third-order valence-corrected chi connectivity index (χ3v) is 5.62. The lowest BCUT2D eigenvalue weighted by atomic mass is 10.1. The van der Waals surface area contributed by atoms with Gasteiger partial charge in [0, 0.05) is 11.8 Å². The standard InChI is InChI=1S/C20H22N2O4S/c1-25-14-8-9-17(26-2)16(11-14)21-19(23)12-27-18-10-7-13-5-3-4-6-15(13)22-20(18)24/h3-6,8-9,11,18H,7,10,12H2,1-2H3,(H,21,23)(H,22,24)/t18-/m1/s1. The van der Waals surface area contributed by atoms with Gasteiger partial charge in [-0.05, 0) is 36.6 Å². The molecule has 1 aliphatic rings. The summed E-state index contributed by atoms with van der Waals surface area (Å²) in [5.41, 5.74) is 2.52. The quantitative estimate of drug-likeness (QED) is 0.796. The van der Waals surface area contributed by atoms with Crippen LogP contribution in [-0.4, -0.2) is 37.0 Å². The third-order valence-electron chi connectivity index (χ3n) is 4.34. The fraction of sp³-hybridized carbons (Fsp3) is 0.300. The van der Waals surface area contributed by atoms with E-state index < -0.39 is 0 Å². The van der Waals surface area contributed by atoms with Gasteiger partial charge in [0.05, 0.1) is 30.9 Å². The van der Waals surface area contributed by atoms with Gasteiger partial charge < -0.3 is 20.1 Å². The number of ether oxygens (including phenoxy) is 2. The maximum absolute atomic E-state index is 12.4. The zero-order valence-corrected chi connectivity index (χ0v) is 16.1. The molecule has 3 rings (SSSR count). The first kappa shape index (κ1) is 19.1.